The summed E-state index contributed by atoms with van der Waals surface area (Å²) in [5, 5.41) is 12.3. The number of halogens is 1. The fourth-order valence-corrected chi connectivity index (χ4v) is 3.30. The smallest absolute Gasteiger partial charge is 0.237 e. The molecule has 0 bridgehead atoms. The summed E-state index contributed by atoms with van der Waals surface area (Å²) in [7, 11) is 0. The third-order valence-corrected chi connectivity index (χ3v) is 4.91. The summed E-state index contributed by atoms with van der Waals surface area (Å²) in [5.41, 5.74) is 1.88. The van der Waals surface area contributed by atoms with Gasteiger partial charge < -0.3 is 9.26 Å². The van der Waals surface area contributed by atoms with Crippen LogP contribution >= 0.6 is 23.4 Å². The van der Waals surface area contributed by atoms with Crippen LogP contribution in [0.3, 0.4) is 0 Å². The first-order valence-electron chi connectivity index (χ1n) is 8.48. The molecule has 0 atom stereocenters. The number of nitrogens with one attached hydrogen (secondary N) is 1. The van der Waals surface area contributed by atoms with E-state index in [2.05, 4.69) is 25.3 Å². The molecule has 0 amide bonds. The highest BCUT2D eigenvalue weighted by molar-refractivity contribution is 7.98. The number of thioether (sulfide) groups is 1. The molecule has 0 unspecified atom stereocenters. The topological polar surface area (TPSA) is 89.7 Å². The second-order valence-corrected chi connectivity index (χ2v) is 7.31. The number of rotatable bonds is 7. The zero-order valence-corrected chi connectivity index (χ0v) is 16.5. The molecular weight excluding hydrogens is 398 g/mol. The first kappa shape index (κ1) is 18.5. The molecule has 0 aliphatic rings. The second kappa shape index (κ2) is 8.45. The number of benzene rings is 2. The highest BCUT2D eigenvalue weighted by atomic mass is 35.5. The zero-order valence-electron chi connectivity index (χ0n) is 14.9. The Morgan fingerprint density at radius 2 is 2.04 bits per heavy atom. The van der Waals surface area contributed by atoms with E-state index < -0.39 is 0 Å². The van der Waals surface area contributed by atoms with Gasteiger partial charge in [-0.15, -0.1) is 5.10 Å². The molecule has 1 N–H and O–H groups in total. The van der Waals surface area contributed by atoms with E-state index in [4.69, 9.17) is 20.9 Å². The molecule has 0 spiro atoms. The van der Waals surface area contributed by atoms with E-state index in [0.29, 0.717) is 40.1 Å². The summed E-state index contributed by atoms with van der Waals surface area (Å²) >= 11 is 7.40. The van der Waals surface area contributed by atoms with Gasteiger partial charge in [0.05, 0.1) is 5.75 Å². The largest absolute Gasteiger partial charge is 0.485 e. The van der Waals surface area contributed by atoms with Crippen molar-refractivity contribution in [3.05, 3.63) is 70.8 Å². The van der Waals surface area contributed by atoms with Crippen molar-refractivity contribution >= 4 is 23.4 Å². The Hall–Kier alpha value is -2.84. The molecule has 2 aromatic heterocycles. The minimum absolute atomic E-state index is 0.317. The summed E-state index contributed by atoms with van der Waals surface area (Å²) in [5.74, 6) is 2.93. The molecule has 142 valence electrons. The Morgan fingerprint density at radius 3 is 2.89 bits per heavy atom. The van der Waals surface area contributed by atoms with Gasteiger partial charge >= 0.3 is 0 Å². The van der Waals surface area contributed by atoms with Crippen LogP contribution in [-0.2, 0) is 12.4 Å². The lowest BCUT2D eigenvalue weighted by molar-refractivity contribution is 0.294. The standard InChI is InChI=1S/C19H16ClN5O2S/c1-12-5-2-3-8-15(12)26-10-16-21-19(24-23-16)28-11-17-22-18(25-27-17)13-6-4-7-14(20)9-13/h2-9H,10-11H2,1H3,(H,21,23,24). The van der Waals surface area contributed by atoms with E-state index in [0.717, 1.165) is 16.9 Å². The van der Waals surface area contributed by atoms with Crippen LogP contribution in [0, 0.1) is 6.92 Å². The van der Waals surface area contributed by atoms with E-state index in [1.54, 1.807) is 12.1 Å². The summed E-state index contributed by atoms with van der Waals surface area (Å²) < 4.78 is 11.1. The van der Waals surface area contributed by atoms with Gasteiger partial charge in [0.2, 0.25) is 16.9 Å². The molecule has 2 heterocycles. The van der Waals surface area contributed by atoms with Crippen LogP contribution in [0.5, 0.6) is 5.75 Å². The van der Waals surface area contributed by atoms with Gasteiger partial charge in [0.1, 0.15) is 12.4 Å². The molecule has 4 aromatic rings. The average Bonchev–Trinajstić information content (AvgIpc) is 3.35. The van der Waals surface area contributed by atoms with E-state index in [-0.39, 0.29) is 0 Å². The van der Waals surface area contributed by atoms with Crippen molar-refractivity contribution in [2.45, 2.75) is 24.4 Å². The lowest BCUT2D eigenvalue weighted by atomic mass is 10.2. The van der Waals surface area contributed by atoms with Crippen molar-refractivity contribution in [3.8, 4) is 17.1 Å². The number of hydrogen-bond acceptors (Lipinski definition) is 7. The molecule has 28 heavy (non-hydrogen) atoms. The Kier molecular flexibility index (Phi) is 5.59. The quantitative estimate of drug-likeness (QED) is 0.439. The minimum atomic E-state index is 0.317. The average molecular weight is 414 g/mol. The van der Waals surface area contributed by atoms with Crippen LogP contribution in [0.1, 0.15) is 17.3 Å². The fourth-order valence-electron chi connectivity index (χ4n) is 2.46. The molecule has 2 aromatic carbocycles. The van der Waals surface area contributed by atoms with Crippen LogP contribution in [0.25, 0.3) is 11.4 Å². The molecule has 0 aliphatic heterocycles. The number of nitrogens with zero attached hydrogens (tertiary/aromatic N) is 4. The summed E-state index contributed by atoms with van der Waals surface area (Å²) in [6.45, 7) is 2.32. The predicted octanol–water partition coefficient (Wildman–Crippen LogP) is 4.69. The highest BCUT2D eigenvalue weighted by Crippen LogP contribution is 2.23. The van der Waals surface area contributed by atoms with Crippen LogP contribution in [0.2, 0.25) is 5.02 Å². The van der Waals surface area contributed by atoms with Crippen LogP contribution in [-0.4, -0.2) is 25.3 Å². The lowest BCUT2D eigenvalue weighted by Gasteiger charge is -2.06. The minimum Gasteiger partial charge on any atom is -0.485 e. The molecule has 7 nitrogen and oxygen atoms in total. The van der Waals surface area contributed by atoms with E-state index in [1.165, 1.54) is 11.8 Å². The number of H-pyrrole nitrogens is 1. The number of ether oxygens (including phenoxy) is 1. The van der Waals surface area contributed by atoms with Gasteiger partial charge in [0.15, 0.2) is 5.82 Å². The number of hydrogen-bond donors (Lipinski definition) is 1. The second-order valence-electron chi connectivity index (χ2n) is 5.93. The van der Waals surface area contributed by atoms with Crippen molar-refractivity contribution in [3.63, 3.8) is 0 Å². The molecule has 0 fully saturated rings. The van der Waals surface area contributed by atoms with Gasteiger partial charge in [-0.05, 0) is 30.7 Å². The summed E-state index contributed by atoms with van der Waals surface area (Å²) in [6.07, 6.45) is 0. The summed E-state index contributed by atoms with van der Waals surface area (Å²) in [6, 6.07) is 15.1. The van der Waals surface area contributed by atoms with E-state index in [9.17, 15) is 0 Å². The maximum absolute atomic E-state index is 6.00. The number of aromatic nitrogens is 5. The Balaban J connectivity index is 1.33. The zero-order chi connectivity index (χ0) is 19.3. The molecule has 0 saturated carbocycles. The summed E-state index contributed by atoms with van der Waals surface area (Å²) in [4.78, 5) is 8.79. The van der Waals surface area contributed by atoms with E-state index >= 15 is 0 Å². The molecule has 9 heteroatoms. The number of aromatic amines is 1. The highest BCUT2D eigenvalue weighted by Gasteiger charge is 2.12. The van der Waals surface area contributed by atoms with Gasteiger partial charge in [-0.1, -0.05) is 58.9 Å². The Morgan fingerprint density at radius 1 is 1.14 bits per heavy atom. The molecule has 0 radical (unpaired) electrons. The van der Waals surface area contributed by atoms with Gasteiger partial charge in [-0.2, -0.15) is 4.98 Å². The van der Waals surface area contributed by atoms with Crippen LogP contribution in [0.15, 0.2) is 58.2 Å². The first-order valence-corrected chi connectivity index (χ1v) is 9.85. The first-order chi connectivity index (χ1) is 13.7. The molecule has 0 aliphatic carbocycles. The Labute approximate surface area is 170 Å². The van der Waals surface area contributed by atoms with Crippen molar-refractivity contribution in [2.75, 3.05) is 0 Å². The maximum atomic E-state index is 6.00. The van der Waals surface area contributed by atoms with Crippen molar-refractivity contribution < 1.29 is 9.26 Å². The van der Waals surface area contributed by atoms with Crippen LogP contribution < -0.4 is 4.74 Å². The number of aryl methyl sites for hydroxylation is 1. The molecule has 4 rings (SSSR count). The van der Waals surface area contributed by atoms with Gasteiger partial charge in [0, 0.05) is 10.6 Å². The van der Waals surface area contributed by atoms with Gasteiger partial charge in [-0.3, -0.25) is 5.10 Å². The molecule has 0 saturated heterocycles. The van der Waals surface area contributed by atoms with Crippen molar-refractivity contribution in [1.29, 1.82) is 0 Å². The van der Waals surface area contributed by atoms with Gasteiger partial charge in [0.25, 0.3) is 0 Å². The maximum Gasteiger partial charge on any atom is 0.237 e. The van der Waals surface area contributed by atoms with Crippen molar-refractivity contribution in [2.24, 2.45) is 0 Å². The van der Waals surface area contributed by atoms with Crippen molar-refractivity contribution in [1.82, 2.24) is 25.3 Å². The Bertz CT molecular complexity index is 1080. The third kappa shape index (κ3) is 4.52. The number of para-hydroxylation sites is 1. The van der Waals surface area contributed by atoms with Gasteiger partial charge in [-0.25, -0.2) is 4.98 Å². The molecular formula is C19H16ClN5O2S. The van der Waals surface area contributed by atoms with E-state index in [1.807, 2.05) is 43.3 Å². The normalized spacial score (nSPS) is 10.9. The third-order valence-electron chi connectivity index (χ3n) is 3.84. The fraction of sp³-hybridized carbons (Fsp3) is 0.158. The van der Waals surface area contributed by atoms with Crippen LogP contribution in [0.4, 0.5) is 0 Å². The lowest BCUT2D eigenvalue weighted by Crippen LogP contribution is -1.98. The monoisotopic (exact) mass is 413 g/mol. The predicted molar refractivity (Wildman–Crippen MR) is 106 cm³/mol. The SMILES string of the molecule is Cc1ccccc1OCc1nc(SCc2nc(-c3cccc(Cl)c3)no2)n[nH]1.